The van der Waals surface area contributed by atoms with Crippen molar-refractivity contribution in [3.8, 4) is 11.5 Å². The highest BCUT2D eigenvalue weighted by Crippen LogP contribution is 2.37. The van der Waals surface area contributed by atoms with E-state index in [0.29, 0.717) is 23.1 Å². The van der Waals surface area contributed by atoms with E-state index in [1.165, 1.54) is 9.75 Å². The molecule has 0 bridgehead atoms. The third-order valence-electron chi connectivity index (χ3n) is 3.25. The first-order valence-electron chi connectivity index (χ1n) is 6.87. The average Bonchev–Trinajstić information content (AvgIpc) is 2.96. The van der Waals surface area contributed by atoms with Gasteiger partial charge in [0.2, 0.25) is 0 Å². The molecule has 0 saturated heterocycles. The van der Waals surface area contributed by atoms with E-state index in [1.807, 2.05) is 23.5 Å². The molecule has 0 saturated carbocycles. The fraction of sp³-hybridized carbons (Fsp3) is 0.375. The second kappa shape index (κ2) is 7.69. The van der Waals surface area contributed by atoms with Gasteiger partial charge in [0.1, 0.15) is 0 Å². The van der Waals surface area contributed by atoms with E-state index in [1.54, 1.807) is 14.2 Å². The van der Waals surface area contributed by atoms with E-state index in [4.69, 9.17) is 21.1 Å². The molecule has 0 amide bonds. The number of aryl methyl sites for hydroxylation is 1. The van der Waals surface area contributed by atoms with E-state index >= 15 is 0 Å². The average molecular weight is 326 g/mol. The monoisotopic (exact) mass is 325 g/mol. The molecule has 1 aromatic carbocycles. The fourth-order valence-corrected chi connectivity index (χ4v) is 3.32. The van der Waals surface area contributed by atoms with E-state index in [-0.39, 0.29) is 0 Å². The number of methoxy groups -OCH3 is 2. The van der Waals surface area contributed by atoms with Crippen molar-refractivity contribution in [2.24, 2.45) is 0 Å². The van der Waals surface area contributed by atoms with Crippen LogP contribution in [0.2, 0.25) is 5.02 Å². The quantitative estimate of drug-likeness (QED) is 0.824. The van der Waals surface area contributed by atoms with Gasteiger partial charge in [-0.15, -0.1) is 11.3 Å². The molecule has 0 aliphatic rings. The Morgan fingerprint density at radius 3 is 2.43 bits per heavy atom. The van der Waals surface area contributed by atoms with Gasteiger partial charge >= 0.3 is 0 Å². The Bertz CT molecular complexity index is 598. The van der Waals surface area contributed by atoms with Gasteiger partial charge < -0.3 is 14.8 Å². The molecule has 1 heterocycles. The van der Waals surface area contributed by atoms with Crippen molar-refractivity contribution in [3.63, 3.8) is 0 Å². The van der Waals surface area contributed by atoms with Crippen LogP contribution in [0.1, 0.15) is 22.2 Å². The van der Waals surface area contributed by atoms with Crippen LogP contribution in [0.4, 0.5) is 0 Å². The summed E-state index contributed by atoms with van der Waals surface area (Å²) >= 11 is 8.20. The number of thiophene rings is 1. The standard InChI is InChI=1S/C16H20ClNO2S/c1-4-12-6-7-13(21-12)10-18-9-11-5-8-14(19-2)16(20-3)15(11)17/h5-8,18H,4,9-10H2,1-3H3. The highest BCUT2D eigenvalue weighted by molar-refractivity contribution is 7.11. The minimum atomic E-state index is 0.586. The summed E-state index contributed by atoms with van der Waals surface area (Å²) in [7, 11) is 3.20. The molecule has 0 radical (unpaired) electrons. The number of ether oxygens (including phenoxy) is 2. The van der Waals surface area contributed by atoms with Gasteiger partial charge in [-0.1, -0.05) is 24.6 Å². The van der Waals surface area contributed by atoms with Crippen LogP contribution in [0.5, 0.6) is 11.5 Å². The minimum absolute atomic E-state index is 0.586. The molecule has 2 aromatic rings. The molecule has 2 rings (SSSR count). The summed E-state index contributed by atoms with van der Waals surface area (Å²) < 4.78 is 10.5. The molecule has 21 heavy (non-hydrogen) atoms. The van der Waals surface area contributed by atoms with Crippen molar-refractivity contribution in [3.05, 3.63) is 44.6 Å². The third-order valence-corrected chi connectivity index (χ3v) is 4.89. The maximum absolute atomic E-state index is 6.36. The molecule has 1 aromatic heterocycles. The maximum atomic E-state index is 6.36. The lowest BCUT2D eigenvalue weighted by molar-refractivity contribution is 0.354. The van der Waals surface area contributed by atoms with Gasteiger partial charge in [0.05, 0.1) is 19.2 Å². The summed E-state index contributed by atoms with van der Waals surface area (Å²) in [5, 5.41) is 4.02. The summed E-state index contributed by atoms with van der Waals surface area (Å²) in [6, 6.07) is 8.20. The van der Waals surface area contributed by atoms with Crippen molar-refractivity contribution >= 4 is 22.9 Å². The van der Waals surface area contributed by atoms with E-state index in [9.17, 15) is 0 Å². The summed E-state index contributed by atoms with van der Waals surface area (Å²) in [6.45, 7) is 3.71. The van der Waals surface area contributed by atoms with Gasteiger partial charge in [0.15, 0.2) is 11.5 Å². The first-order chi connectivity index (χ1) is 10.2. The number of nitrogens with one attached hydrogen (secondary N) is 1. The van der Waals surface area contributed by atoms with Gasteiger partial charge in [-0.25, -0.2) is 0 Å². The number of halogens is 1. The Labute approximate surface area is 134 Å². The lowest BCUT2D eigenvalue weighted by Gasteiger charge is -2.13. The van der Waals surface area contributed by atoms with Crippen LogP contribution in [0.3, 0.4) is 0 Å². The highest BCUT2D eigenvalue weighted by atomic mass is 35.5. The van der Waals surface area contributed by atoms with E-state index < -0.39 is 0 Å². The lowest BCUT2D eigenvalue weighted by Crippen LogP contribution is -2.12. The van der Waals surface area contributed by atoms with Crippen LogP contribution >= 0.6 is 22.9 Å². The molecule has 114 valence electrons. The number of rotatable bonds is 7. The Hall–Kier alpha value is -1.23. The predicted octanol–water partition coefficient (Wildman–Crippen LogP) is 4.27. The van der Waals surface area contributed by atoms with Crippen molar-refractivity contribution in [2.75, 3.05) is 14.2 Å². The first-order valence-corrected chi connectivity index (χ1v) is 8.06. The molecule has 3 nitrogen and oxygen atoms in total. The van der Waals surface area contributed by atoms with Crippen molar-refractivity contribution < 1.29 is 9.47 Å². The smallest absolute Gasteiger partial charge is 0.179 e. The molecule has 0 atom stereocenters. The number of hydrogen-bond acceptors (Lipinski definition) is 4. The SMILES string of the molecule is CCc1ccc(CNCc2ccc(OC)c(OC)c2Cl)s1. The molecule has 1 N–H and O–H groups in total. The van der Waals surface area contributed by atoms with Crippen LogP contribution in [-0.4, -0.2) is 14.2 Å². The number of hydrogen-bond donors (Lipinski definition) is 1. The Kier molecular flexibility index (Phi) is 5.91. The molecule has 0 spiro atoms. The zero-order chi connectivity index (χ0) is 15.2. The summed E-state index contributed by atoms with van der Waals surface area (Å²) in [5.41, 5.74) is 1.00. The van der Waals surface area contributed by atoms with Crippen molar-refractivity contribution in [2.45, 2.75) is 26.4 Å². The van der Waals surface area contributed by atoms with Gasteiger partial charge in [0, 0.05) is 22.8 Å². The Morgan fingerprint density at radius 2 is 1.81 bits per heavy atom. The zero-order valence-electron chi connectivity index (χ0n) is 12.5. The molecule has 0 fully saturated rings. The van der Waals surface area contributed by atoms with Gasteiger partial charge in [-0.2, -0.15) is 0 Å². The minimum Gasteiger partial charge on any atom is -0.493 e. The lowest BCUT2D eigenvalue weighted by atomic mass is 10.2. The van der Waals surface area contributed by atoms with Crippen LogP contribution < -0.4 is 14.8 Å². The topological polar surface area (TPSA) is 30.5 Å². The van der Waals surface area contributed by atoms with E-state index in [0.717, 1.165) is 18.5 Å². The van der Waals surface area contributed by atoms with Gasteiger partial charge in [-0.05, 0) is 30.2 Å². The largest absolute Gasteiger partial charge is 0.493 e. The molecule has 5 heteroatoms. The molecule has 0 aliphatic heterocycles. The second-order valence-corrected chi connectivity index (χ2v) is 6.23. The Balaban J connectivity index is 2.00. The van der Waals surface area contributed by atoms with E-state index in [2.05, 4.69) is 24.4 Å². The molecular weight excluding hydrogens is 306 g/mol. The molecule has 0 unspecified atom stereocenters. The van der Waals surface area contributed by atoms with Crippen LogP contribution in [0.25, 0.3) is 0 Å². The van der Waals surface area contributed by atoms with Crippen LogP contribution in [0.15, 0.2) is 24.3 Å². The normalized spacial score (nSPS) is 10.7. The van der Waals surface area contributed by atoms with Crippen molar-refractivity contribution in [1.82, 2.24) is 5.32 Å². The third kappa shape index (κ3) is 3.90. The predicted molar refractivity (Wildman–Crippen MR) is 88.8 cm³/mol. The Morgan fingerprint density at radius 1 is 1.05 bits per heavy atom. The molecular formula is C16H20ClNO2S. The zero-order valence-corrected chi connectivity index (χ0v) is 14.1. The fourth-order valence-electron chi connectivity index (χ4n) is 2.09. The number of benzene rings is 1. The highest BCUT2D eigenvalue weighted by Gasteiger charge is 2.12. The summed E-state index contributed by atoms with van der Waals surface area (Å²) in [6.07, 6.45) is 1.09. The molecule has 0 aliphatic carbocycles. The van der Waals surface area contributed by atoms with Gasteiger partial charge in [-0.3, -0.25) is 0 Å². The second-order valence-electron chi connectivity index (χ2n) is 4.60. The maximum Gasteiger partial charge on any atom is 0.179 e. The van der Waals surface area contributed by atoms with Crippen LogP contribution in [0, 0.1) is 0 Å². The summed E-state index contributed by atoms with van der Waals surface area (Å²) in [5.74, 6) is 1.24. The van der Waals surface area contributed by atoms with Crippen LogP contribution in [-0.2, 0) is 19.5 Å². The first kappa shape index (κ1) is 16.1. The summed E-state index contributed by atoms with van der Waals surface area (Å²) in [4.78, 5) is 2.75. The van der Waals surface area contributed by atoms with Gasteiger partial charge in [0.25, 0.3) is 0 Å². The van der Waals surface area contributed by atoms with Crippen molar-refractivity contribution in [1.29, 1.82) is 0 Å².